The summed E-state index contributed by atoms with van der Waals surface area (Å²) < 4.78 is 39.9. The molecule has 1 saturated carbocycles. The topological polar surface area (TPSA) is 9.23 Å². The highest BCUT2D eigenvalue weighted by molar-refractivity contribution is 4.91. The largest absolute Gasteiger partial charge is 0.392 e. The van der Waals surface area contributed by atoms with Crippen molar-refractivity contribution in [2.45, 2.75) is 12.6 Å². The SMILES string of the molecule is COC[C@@H]1C[C@H]1C(F)(F)F. The van der Waals surface area contributed by atoms with Gasteiger partial charge in [0.25, 0.3) is 0 Å². The van der Waals surface area contributed by atoms with E-state index in [9.17, 15) is 13.2 Å². The predicted molar refractivity (Wildman–Crippen MR) is 29.5 cm³/mol. The number of ether oxygens (including phenoxy) is 1. The fourth-order valence-electron chi connectivity index (χ4n) is 1.05. The first-order valence-corrected chi connectivity index (χ1v) is 3.11. The molecule has 1 fully saturated rings. The van der Waals surface area contributed by atoms with Crippen molar-refractivity contribution in [1.82, 2.24) is 0 Å². The summed E-state index contributed by atoms with van der Waals surface area (Å²) in [4.78, 5) is 0. The van der Waals surface area contributed by atoms with Crippen LogP contribution in [0, 0.1) is 11.8 Å². The van der Waals surface area contributed by atoms with Gasteiger partial charge in [-0.05, 0) is 12.3 Å². The Bertz CT molecular complexity index is 121. The Kier molecular flexibility index (Phi) is 1.90. The highest BCUT2D eigenvalue weighted by Gasteiger charge is 2.55. The van der Waals surface area contributed by atoms with Gasteiger partial charge in [-0.3, -0.25) is 0 Å². The summed E-state index contributed by atoms with van der Waals surface area (Å²) in [6.07, 6.45) is -3.75. The molecular formula is C6H9F3O. The van der Waals surface area contributed by atoms with Crippen LogP contribution in [-0.4, -0.2) is 19.9 Å². The van der Waals surface area contributed by atoms with E-state index < -0.39 is 12.1 Å². The van der Waals surface area contributed by atoms with Gasteiger partial charge in [-0.25, -0.2) is 0 Å². The van der Waals surface area contributed by atoms with Gasteiger partial charge < -0.3 is 4.74 Å². The Morgan fingerprint density at radius 2 is 2.10 bits per heavy atom. The first kappa shape index (κ1) is 7.85. The van der Waals surface area contributed by atoms with Crippen LogP contribution in [0.4, 0.5) is 13.2 Å². The molecule has 0 saturated heterocycles. The van der Waals surface area contributed by atoms with Gasteiger partial charge in [0.15, 0.2) is 0 Å². The second-order valence-corrected chi connectivity index (χ2v) is 2.60. The van der Waals surface area contributed by atoms with Crippen LogP contribution >= 0.6 is 0 Å². The Morgan fingerprint density at radius 3 is 2.40 bits per heavy atom. The minimum atomic E-state index is -4.00. The number of rotatable bonds is 2. The number of alkyl halides is 3. The molecular weight excluding hydrogens is 145 g/mol. The summed E-state index contributed by atoms with van der Waals surface area (Å²) >= 11 is 0. The van der Waals surface area contributed by atoms with E-state index >= 15 is 0 Å². The normalized spacial score (nSPS) is 32.4. The molecule has 0 N–H and O–H groups in total. The third-order valence-corrected chi connectivity index (χ3v) is 1.72. The van der Waals surface area contributed by atoms with E-state index in [1.807, 2.05) is 0 Å². The predicted octanol–water partition coefficient (Wildman–Crippen LogP) is 1.83. The molecule has 1 aliphatic carbocycles. The molecule has 0 unspecified atom stereocenters. The zero-order valence-corrected chi connectivity index (χ0v) is 5.61. The maximum Gasteiger partial charge on any atom is 0.392 e. The summed E-state index contributed by atoms with van der Waals surface area (Å²) in [7, 11) is 1.42. The van der Waals surface area contributed by atoms with E-state index in [2.05, 4.69) is 4.74 Å². The van der Waals surface area contributed by atoms with Gasteiger partial charge in [-0.2, -0.15) is 13.2 Å². The molecule has 1 aliphatic rings. The lowest BCUT2D eigenvalue weighted by Gasteiger charge is -2.03. The molecule has 0 bridgehead atoms. The minimum Gasteiger partial charge on any atom is -0.384 e. The maximum atomic E-state index is 11.8. The second kappa shape index (κ2) is 2.42. The van der Waals surface area contributed by atoms with Gasteiger partial charge in [-0.1, -0.05) is 0 Å². The molecule has 0 aromatic rings. The van der Waals surface area contributed by atoms with Crippen LogP contribution < -0.4 is 0 Å². The lowest BCUT2D eigenvalue weighted by atomic mass is 10.3. The fraction of sp³-hybridized carbons (Fsp3) is 1.00. The van der Waals surface area contributed by atoms with E-state index in [0.29, 0.717) is 0 Å². The summed E-state index contributed by atoms with van der Waals surface area (Å²) in [5, 5.41) is 0. The van der Waals surface area contributed by atoms with Crippen LogP contribution in [0.2, 0.25) is 0 Å². The highest BCUT2D eigenvalue weighted by Crippen LogP contribution is 2.49. The molecule has 0 aliphatic heterocycles. The highest BCUT2D eigenvalue weighted by atomic mass is 19.4. The standard InChI is InChI=1S/C6H9F3O/c1-10-3-4-2-5(4)6(7,8)9/h4-5H,2-3H2,1H3/t4-,5+/m0/s1. The maximum absolute atomic E-state index is 11.8. The Balaban J connectivity index is 2.25. The Morgan fingerprint density at radius 1 is 1.50 bits per heavy atom. The lowest BCUT2D eigenvalue weighted by Crippen LogP contribution is -2.13. The van der Waals surface area contributed by atoms with Crippen molar-refractivity contribution < 1.29 is 17.9 Å². The molecule has 10 heavy (non-hydrogen) atoms. The van der Waals surface area contributed by atoms with Crippen LogP contribution in [0.1, 0.15) is 6.42 Å². The van der Waals surface area contributed by atoms with E-state index in [1.54, 1.807) is 0 Å². The van der Waals surface area contributed by atoms with Gasteiger partial charge in [0.05, 0.1) is 5.92 Å². The van der Waals surface area contributed by atoms with Crippen LogP contribution in [-0.2, 0) is 4.74 Å². The lowest BCUT2D eigenvalue weighted by molar-refractivity contribution is -0.152. The molecule has 60 valence electrons. The summed E-state index contributed by atoms with van der Waals surface area (Å²) in [5.41, 5.74) is 0. The van der Waals surface area contributed by atoms with Gasteiger partial charge in [0.2, 0.25) is 0 Å². The number of hydrogen-bond acceptors (Lipinski definition) is 1. The molecule has 0 spiro atoms. The third-order valence-electron chi connectivity index (χ3n) is 1.72. The summed E-state index contributed by atoms with van der Waals surface area (Å²) in [5.74, 6) is -1.36. The van der Waals surface area contributed by atoms with Crippen molar-refractivity contribution in [2.75, 3.05) is 13.7 Å². The summed E-state index contributed by atoms with van der Waals surface area (Å²) in [6.45, 7) is 0.240. The van der Waals surface area contributed by atoms with Crippen LogP contribution in [0.25, 0.3) is 0 Å². The number of hydrogen-bond donors (Lipinski definition) is 0. The monoisotopic (exact) mass is 154 g/mol. The van der Waals surface area contributed by atoms with Crippen molar-refractivity contribution in [3.63, 3.8) is 0 Å². The minimum absolute atomic E-state index is 0.240. The fourth-order valence-corrected chi connectivity index (χ4v) is 1.05. The van der Waals surface area contributed by atoms with Gasteiger partial charge in [0, 0.05) is 13.7 Å². The smallest absolute Gasteiger partial charge is 0.384 e. The van der Waals surface area contributed by atoms with Crippen molar-refractivity contribution >= 4 is 0 Å². The second-order valence-electron chi connectivity index (χ2n) is 2.60. The number of halogens is 3. The van der Waals surface area contributed by atoms with E-state index in [1.165, 1.54) is 7.11 Å². The molecule has 1 rings (SSSR count). The quantitative estimate of drug-likeness (QED) is 0.589. The van der Waals surface area contributed by atoms with Crippen molar-refractivity contribution in [2.24, 2.45) is 11.8 Å². The van der Waals surface area contributed by atoms with E-state index in [-0.39, 0.29) is 18.9 Å². The molecule has 2 atom stereocenters. The molecule has 1 nitrogen and oxygen atoms in total. The van der Waals surface area contributed by atoms with Gasteiger partial charge >= 0.3 is 6.18 Å². The molecule has 0 heterocycles. The van der Waals surface area contributed by atoms with Gasteiger partial charge in [0.1, 0.15) is 0 Å². The molecule has 0 amide bonds. The molecule has 0 aromatic heterocycles. The van der Waals surface area contributed by atoms with Crippen LogP contribution in [0.15, 0.2) is 0 Å². The zero-order valence-electron chi connectivity index (χ0n) is 5.61. The van der Waals surface area contributed by atoms with Crippen molar-refractivity contribution in [3.05, 3.63) is 0 Å². The van der Waals surface area contributed by atoms with Crippen LogP contribution in [0.5, 0.6) is 0 Å². The first-order chi connectivity index (χ1) is 4.55. The number of methoxy groups -OCH3 is 1. The molecule has 4 heteroatoms. The summed E-state index contributed by atoms with van der Waals surface area (Å²) in [6, 6.07) is 0. The van der Waals surface area contributed by atoms with Crippen molar-refractivity contribution in [3.8, 4) is 0 Å². The van der Waals surface area contributed by atoms with Crippen LogP contribution in [0.3, 0.4) is 0 Å². The van der Waals surface area contributed by atoms with Gasteiger partial charge in [-0.15, -0.1) is 0 Å². The average Bonchev–Trinajstić information content (AvgIpc) is 2.44. The molecule has 0 radical (unpaired) electrons. The zero-order chi connectivity index (χ0) is 7.78. The molecule has 0 aromatic carbocycles. The Hall–Kier alpha value is -0.250. The van der Waals surface area contributed by atoms with E-state index in [4.69, 9.17) is 0 Å². The third kappa shape index (κ3) is 1.62. The van der Waals surface area contributed by atoms with E-state index in [0.717, 1.165) is 0 Å². The van der Waals surface area contributed by atoms with Crippen molar-refractivity contribution in [1.29, 1.82) is 0 Å². The first-order valence-electron chi connectivity index (χ1n) is 3.11. The average molecular weight is 154 g/mol. The Labute approximate surface area is 57.2 Å².